The summed E-state index contributed by atoms with van der Waals surface area (Å²) in [5, 5.41) is 1.30. The first-order valence-corrected chi connectivity index (χ1v) is 4.30. The molecule has 0 amide bonds. The van der Waals surface area contributed by atoms with Gasteiger partial charge in [0.2, 0.25) is 0 Å². The molecule has 0 aliphatic rings. The normalized spacial score (nSPS) is 7.40. The van der Waals surface area contributed by atoms with E-state index in [4.69, 9.17) is 2.84 Å². The molecule has 0 aromatic rings. The lowest BCUT2D eigenvalue weighted by Gasteiger charge is -1.82. The van der Waals surface area contributed by atoms with Gasteiger partial charge in [-0.3, -0.25) is 0 Å². The van der Waals surface area contributed by atoms with Crippen molar-refractivity contribution in [2.75, 3.05) is 0 Å². The monoisotopic (exact) mass is 102 g/mol. The summed E-state index contributed by atoms with van der Waals surface area (Å²) in [6.07, 6.45) is 0. The van der Waals surface area contributed by atoms with Gasteiger partial charge in [0.05, 0.1) is 0 Å². The molecule has 0 aromatic carbocycles. The third-order valence-electron chi connectivity index (χ3n) is 0.408. The van der Waals surface area contributed by atoms with E-state index >= 15 is 0 Å². The van der Waals surface area contributed by atoms with Crippen molar-refractivity contribution >= 4 is 32.2 Å². The Kier molecular flexibility index (Phi) is 6.05. The first-order valence-electron chi connectivity index (χ1n) is 1.90. The zero-order valence-electron chi connectivity index (χ0n) is 3.82. The van der Waals surface area contributed by atoms with Crippen LogP contribution in [0.2, 0.25) is 5.28 Å². The van der Waals surface area contributed by atoms with E-state index in [-0.39, 0.29) is 15.6 Å². The van der Waals surface area contributed by atoms with Crippen LogP contribution in [-0.2, 0) is 2.84 Å². The topological polar surface area (TPSA) is 9.23 Å². The molecule has 0 aliphatic carbocycles. The number of hydrogen-bond donors (Lipinski definition) is 0. The van der Waals surface area contributed by atoms with E-state index in [1.165, 1.54) is 5.28 Å². The molecule has 3 heteroatoms. The van der Waals surface area contributed by atoms with Crippen molar-refractivity contribution in [1.29, 1.82) is 0 Å². The van der Waals surface area contributed by atoms with Gasteiger partial charge in [-0.1, -0.05) is 12.2 Å². The summed E-state index contributed by atoms with van der Waals surface area (Å²) in [6, 6.07) is 0. The van der Waals surface area contributed by atoms with Gasteiger partial charge in [0.15, 0.2) is 0 Å². The standard InChI is InChI=1S/C2H5.2Al.O.3H/c1-2;;;;;;/h1H2,2H3;;;;;;. The minimum atomic E-state index is -0.00617. The highest BCUT2D eigenvalue weighted by molar-refractivity contribution is 6.33. The Morgan fingerprint density at radius 1 is 2.00 bits per heavy atom. The molecule has 0 N–H and O–H groups in total. The molecule has 0 saturated heterocycles. The molecule has 0 bridgehead atoms. The second-order valence-electron chi connectivity index (χ2n) is 0.993. The minimum absolute atomic E-state index is 0.00617. The van der Waals surface area contributed by atoms with E-state index in [0.717, 1.165) is 16.6 Å². The highest BCUT2D eigenvalue weighted by Crippen LogP contribution is 1.67. The molecule has 0 unspecified atom stereocenters. The molecule has 0 aliphatic heterocycles. The zero-order chi connectivity index (χ0) is 4.12. The van der Waals surface area contributed by atoms with Crippen LogP contribution in [-0.4, -0.2) is 32.2 Å². The van der Waals surface area contributed by atoms with Gasteiger partial charge in [0.25, 0.3) is 0 Å². The summed E-state index contributed by atoms with van der Waals surface area (Å²) in [6.45, 7) is 2.17. The van der Waals surface area contributed by atoms with Gasteiger partial charge in [-0.25, -0.2) is 0 Å². The van der Waals surface area contributed by atoms with E-state index in [1.54, 1.807) is 0 Å². The van der Waals surface area contributed by atoms with Crippen LogP contribution in [0.1, 0.15) is 6.92 Å². The Labute approximate surface area is 47.5 Å². The van der Waals surface area contributed by atoms with Gasteiger partial charge in [-0.2, -0.15) is 0 Å². The molecular weight excluding hydrogens is 94.0 g/mol. The van der Waals surface area contributed by atoms with E-state index in [9.17, 15) is 0 Å². The molecule has 0 radical (unpaired) electrons. The first kappa shape index (κ1) is 6.02. The van der Waals surface area contributed by atoms with Crippen LogP contribution in [0.25, 0.3) is 0 Å². The molecule has 0 saturated carbocycles. The Bertz CT molecular complexity index is 15.1. The van der Waals surface area contributed by atoms with E-state index in [0.29, 0.717) is 0 Å². The highest BCUT2D eigenvalue weighted by atomic mass is 27.2. The van der Waals surface area contributed by atoms with Crippen LogP contribution in [0.15, 0.2) is 0 Å². The maximum Gasteiger partial charge on any atom is 0.404 e. The Morgan fingerprint density at radius 2 is 2.60 bits per heavy atom. The zero-order valence-corrected chi connectivity index (χ0v) is 7.24. The van der Waals surface area contributed by atoms with Gasteiger partial charge in [-0.05, 0) is 0 Å². The third-order valence-corrected chi connectivity index (χ3v) is 2.45. The predicted molar refractivity (Wildman–Crippen MR) is 27.3 cm³/mol. The molecule has 0 fully saturated rings. The summed E-state index contributed by atoms with van der Waals surface area (Å²) < 4.78 is 4.97. The number of rotatable bonds is 2. The molecule has 0 aromatic heterocycles. The van der Waals surface area contributed by atoms with Gasteiger partial charge in [0, 0.05) is 0 Å². The fraction of sp³-hybridized carbons (Fsp3) is 1.00. The van der Waals surface area contributed by atoms with Crippen LogP contribution in [0.4, 0.5) is 0 Å². The lowest BCUT2D eigenvalue weighted by Crippen LogP contribution is -1.88. The van der Waals surface area contributed by atoms with E-state index in [1.807, 2.05) is 0 Å². The molecule has 1 nitrogen and oxygen atoms in total. The first-order chi connectivity index (χ1) is 2.41. The quantitative estimate of drug-likeness (QED) is 0.420. The molecule has 0 atom stereocenters. The lowest BCUT2D eigenvalue weighted by atomic mass is 11.0. The largest absolute Gasteiger partial charge is 0.644 e. The average molecular weight is 102 g/mol. The van der Waals surface area contributed by atoms with Crippen LogP contribution >= 0.6 is 0 Å². The molecular formula is C2H8Al2O. The van der Waals surface area contributed by atoms with Gasteiger partial charge < -0.3 is 2.84 Å². The van der Waals surface area contributed by atoms with Gasteiger partial charge >= 0.3 is 32.2 Å². The fourth-order valence-electron chi connectivity index (χ4n) is 0.204. The van der Waals surface area contributed by atoms with Crippen molar-refractivity contribution in [2.24, 2.45) is 0 Å². The third kappa shape index (κ3) is 5.02. The second kappa shape index (κ2) is 5.02. The predicted octanol–water partition coefficient (Wildman–Crippen LogP) is -0.659. The number of hydrogen-bond acceptors (Lipinski definition) is 1. The Balaban J connectivity index is 2.19. The van der Waals surface area contributed by atoms with E-state index < -0.39 is 0 Å². The summed E-state index contributed by atoms with van der Waals surface area (Å²) in [5.41, 5.74) is 0. The highest BCUT2D eigenvalue weighted by Gasteiger charge is 1.77. The van der Waals surface area contributed by atoms with Crippen LogP contribution in [0.3, 0.4) is 0 Å². The molecule has 28 valence electrons. The minimum Gasteiger partial charge on any atom is -0.644 e. The molecule has 0 spiro atoms. The summed E-state index contributed by atoms with van der Waals surface area (Å²) in [4.78, 5) is 0. The Hall–Kier alpha value is 1.02. The molecule has 0 heterocycles. The maximum atomic E-state index is 4.97. The van der Waals surface area contributed by atoms with Crippen molar-refractivity contribution in [3.8, 4) is 0 Å². The second-order valence-corrected chi connectivity index (χ2v) is 4.71. The SMILES string of the molecule is C[CH2][AlH][O][AlH2]. The van der Waals surface area contributed by atoms with Crippen LogP contribution in [0, 0.1) is 0 Å². The summed E-state index contributed by atoms with van der Waals surface area (Å²) in [5.74, 6) is 0. The summed E-state index contributed by atoms with van der Waals surface area (Å²) in [7, 11) is 0. The fourth-order valence-corrected chi connectivity index (χ4v) is 1.84. The van der Waals surface area contributed by atoms with Crippen molar-refractivity contribution in [3.05, 3.63) is 0 Å². The van der Waals surface area contributed by atoms with Gasteiger partial charge in [-0.15, -0.1) is 0 Å². The lowest BCUT2D eigenvalue weighted by molar-refractivity contribution is 0.663. The Morgan fingerprint density at radius 3 is 2.60 bits per heavy atom. The maximum absolute atomic E-state index is 4.97. The van der Waals surface area contributed by atoms with Crippen molar-refractivity contribution in [2.45, 2.75) is 12.2 Å². The van der Waals surface area contributed by atoms with E-state index in [2.05, 4.69) is 6.92 Å². The molecule has 0 rings (SSSR count). The van der Waals surface area contributed by atoms with Crippen molar-refractivity contribution in [3.63, 3.8) is 0 Å². The van der Waals surface area contributed by atoms with Gasteiger partial charge in [0.1, 0.15) is 0 Å². The van der Waals surface area contributed by atoms with Crippen molar-refractivity contribution in [1.82, 2.24) is 0 Å². The summed E-state index contributed by atoms with van der Waals surface area (Å²) >= 11 is 0.954. The van der Waals surface area contributed by atoms with Crippen LogP contribution < -0.4 is 0 Å². The van der Waals surface area contributed by atoms with Crippen LogP contribution in [0.5, 0.6) is 0 Å². The van der Waals surface area contributed by atoms with Crippen molar-refractivity contribution < 1.29 is 2.84 Å². The average Bonchev–Trinajstić information content (AvgIpc) is 1.41. The smallest absolute Gasteiger partial charge is 0.404 e. The molecule has 5 heavy (non-hydrogen) atoms.